The van der Waals surface area contributed by atoms with Crippen molar-refractivity contribution < 1.29 is 4.79 Å². The minimum absolute atomic E-state index is 0.0121. The number of anilines is 1. The molecule has 2 aliphatic rings. The zero-order valence-corrected chi connectivity index (χ0v) is 19.7. The van der Waals surface area contributed by atoms with Gasteiger partial charge in [-0.3, -0.25) is 4.79 Å². The van der Waals surface area contributed by atoms with Gasteiger partial charge in [0.05, 0.1) is 5.54 Å². The third-order valence-electron chi connectivity index (χ3n) is 7.11. The van der Waals surface area contributed by atoms with Gasteiger partial charge >= 0.3 is 0 Å². The van der Waals surface area contributed by atoms with E-state index in [0.717, 1.165) is 76.4 Å². The molecule has 2 aliphatic heterocycles. The summed E-state index contributed by atoms with van der Waals surface area (Å²) < 4.78 is 0. The summed E-state index contributed by atoms with van der Waals surface area (Å²) in [4.78, 5) is 29.7. The summed E-state index contributed by atoms with van der Waals surface area (Å²) in [5, 5.41) is 4.11. The quantitative estimate of drug-likeness (QED) is 0.491. The highest BCUT2D eigenvalue weighted by Crippen LogP contribution is 2.37. The molecule has 5 heterocycles. The molecule has 6 rings (SSSR count). The maximum absolute atomic E-state index is 12.3. The van der Waals surface area contributed by atoms with E-state index in [0.29, 0.717) is 0 Å². The number of H-pyrrole nitrogens is 1. The van der Waals surface area contributed by atoms with Crippen molar-refractivity contribution in [3.63, 3.8) is 0 Å². The molecule has 0 bridgehead atoms. The number of piperazine rings is 1. The molecule has 0 aliphatic carbocycles. The summed E-state index contributed by atoms with van der Waals surface area (Å²) in [6, 6.07) is 12.5. The molecule has 0 unspecified atom stereocenters. The Morgan fingerprint density at radius 2 is 1.65 bits per heavy atom. The average Bonchev–Trinajstić information content (AvgIpc) is 3.36. The van der Waals surface area contributed by atoms with Crippen molar-refractivity contribution in [2.24, 2.45) is 0 Å². The number of rotatable bonds is 3. The summed E-state index contributed by atoms with van der Waals surface area (Å²) >= 11 is 0. The molecule has 1 fully saturated rings. The molecule has 0 radical (unpaired) electrons. The molecule has 1 amide bonds. The Kier molecular flexibility index (Phi) is 4.71. The monoisotopic (exact) mass is 452 g/mol. The fraction of sp³-hybridized carbons (Fsp3) is 0.296. The molecule has 4 aromatic rings. The van der Waals surface area contributed by atoms with Crippen molar-refractivity contribution >= 4 is 22.8 Å². The van der Waals surface area contributed by atoms with Crippen LogP contribution in [0.15, 0.2) is 55.0 Å². The maximum Gasteiger partial charge on any atom is 0.252 e. The molecule has 0 atom stereocenters. The molecular weight excluding hydrogens is 424 g/mol. The molecule has 2 N–H and O–H groups in total. The molecule has 1 saturated heterocycles. The van der Waals surface area contributed by atoms with E-state index in [2.05, 4.69) is 56.4 Å². The highest BCUT2D eigenvalue weighted by molar-refractivity contribution is 6.02. The topological polar surface area (TPSA) is 77.1 Å². The lowest BCUT2D eigenvalue weighted by molar-refractivity contribution is 0.0940. The van der Waals surface area contributed by atoms with Gasteiger partial charge < -0.3 is 20.1 Å². The van der Waals surface area contributed by atoms with E-state index in [9.17, 15) is 4.79 Å². The number of carbonyl (C=O) groups excluding carboxylic acids is 1. The highest BCUT2D eigenvalue weighted by atomic mass is 16.2. The number of hydrogen-bond acceptors (Lipinski definition) is 5. The molecule has 7 heteroatoms. The van der Waals surface area contributed by atoms with Crippen LogP contribution >= 0.6 is 0 Å². The zero-order valence-electron chi connectivity index (χ0n) is 19.7. The van der Waals surface area contributed by atoms with Crippen LogP contribution in [0.5, 0.6) is 0 Å². The van der Waals surface area contributed by atoms with Crippen LogP contribution in [0.1, 0.15) is 29.8 Å². The second-order valence-electron chi connectivity index (χ2n) is 9.86. The van der Waals surface area contributed by atoms with Crippen molar-refractivity contribution in [3.8, 4) is 22.3 Å². The first kappa shape index (κ1) is 20.9. The van der Waals surface area contributed by atoms with Crippen LogP contribution in [0.3, 0.4) is 0 Å². The van der Waals surface area contributed by atoms with E-state index >= 15 is 0 Å². The molecule has 0 spiro atoms. The van der Waals surface area contributed by atoms with Gasteiger partial charge in [0.2, 0.25) is 0 Å². The molecule has 1 aromatic carbocycles. The first-order valence-electron chi connectivity index (χ1n) is 11.7. The van der Waals surface area contributed by atoms with E-state index in [1.807, 2.05) is 44.6 Å². The molecule has 172 valence electrons. The third-order valence-corrected chi connectivity index (χ3v) is 7.11. The lowest BCUT2D eigenvalue weighted by atomic mass is 9.91. The number of pyridine rings is 2. The number of amides is 1. The van der Waals surface area contributed by atoms with Crippen LogP contribution in [0.4, 0.5) is 5.82 Å². The zero-order chi connectivity index (χ0) is 23.4. The Hall–Kier alpha value is -3.71. The number of aromatic amines is 1. The Morgan fingerprint density at radius 3 is 2.41 bits per heavy atom. The number of carbonyl (C=O) groups is 1. The van der Waals surface area contributed by atoms with E-state index in [4.69, 9.17) is 4.98 Å². The van der Waals surface area contributed by atoms with Crippen LogP contribution in [-0.4, -0.2) is 59.0 Å². The number of fused-ring (bicyclic) bond motifs is 2. The van der Waals surface area contributed by atoms with E-state index in [1.54, 1.807) is 0 Å². The second-order valence-corrected chi connectivity index (χ2v) is 9.86. The Bertz CT molecular complexity index is 1400. The van der Waals surface area contributed by atoms with Crippen molar-refractivity contribution in [2.45, 2.75) is 19.4 Å². The van der Waals surface area contributed by atoms with Crippen molar-refractivity contribution in [2.75, 3.05) is 38.1 Å². The minimum atomic E-state index is -0.380. The van der Waals surface area contributed by atoms with E-state index < -0.39 is 0 Å². The Labute approximate surface area is 198 Å². The summed E-state index contributed by atoms with van der Waals surface area (Å²) in [5.41, 5.74) is 6.45. The van der Waals surface area contributed by atoms with Gasteiger partial charge in [-0.2, -0.15) is 0 Å². The van der Waals surface area contributed by atoms with Crippen molar-refractivity contribution in [3.05, 3.63) is 66.1 Å². The number of nitrogens with zero attached hydrogens (tertiary/aromatic N) is 4. The molecule has 34 heavy (non-hydrogen) atoms. The fourth-order valence-corrected chi connectivity index (χ4v) is 5.02. The van der Waals surface area contributed by atoms with Gasteiger partial charge in [0.25, 0.3) is 5.91 Å². The van der Waals surface area contributed by atoms with Crippen LogP contribution in [0.25, 0.3) is 33.3 Å². The van der Waals surface area contributed by atoms with Crippen molar-refractivity contribution in [1.82, 2.24) is 25.2 Å². The van der Waals surface area contributed by atoms with Crippen LogP contribution in [0.2, 0.25) is 0 Å². The lowest BCUT2D eigenvalue weighted by Gasteiger charge is -2.33. The molecular formula is C27H28N6O. The van der Waals surface area contributed by atoms with Crippen LogP contribution in [0, 0.1) is 0 Å². The van der Waals surface area contributed by atoms with Gasteiger partial charge in [-0.05, 0) is 62.4 Å². The van der Waals surface area contributed by atoms with E-state index in [-0.39, 0.29) is 11.4 Å². The number of hydrogen-bond donors (Lipinski definition) is 2. The number of benzene rings is 1. The van der Waals surface area contributed by atoms with Gasteiger partial charge in [0.15, 0.2) is 0 Å². The smallest absolute Gasteiger partial charge is 0.252 e. The van der Waals surface area contributed by atoms with Crippen molar-refractivity contribution in [1.29, 1.82) is 0 Å². The van der Waals surface area contributed by atoms with Crippen LogP contribution < -0.4 is 10.2 Å². The highest BCUT2D eigenvalue weighted by Gasteiger charge is 2.35. The Balaban J connectivity index is 1.34. The standard InChI is InChI=1S/C27H28N6O/c1-27(2)23-13-17(4-6-20(23)26(34)31-27)22-16-30-25-21(22)12-19(15-29-25)18-5-7-24(28-14-18)33-10-8-32(3)9-11-33/h4-7,12-16H,8-11H2,1-3H3,(H,29,30)(H,31,34). The average molecular weight is 453 g/mol. The normalized spacial score (nSPS) is 17.7. The van der Waals surface area contributed by atoms with Gasteiger partial charge in [0, 0.05) is 72.4 Å². The lowest BCUT2D eigenvalue weighted by Crippen LogP contribution is -2.44. The molecule has 0 saturated carbocycles. The predicted octanol–water partition coefficient (Wildman–Crippen LogP) is 4.02. The van der Waals surface area contributed by atoms with Gasteiger partial charge in [-0.1, -0.05) is 6.07 Å². The number of nitrogens with one attached hydrogen (secondary N) is 2. The summed E-state index contributed by atoms with van der Waals surface area (Å²) in [5.74, 6) is 1.01. The van der Waals surface area contributed by atoms with Gasteiger partial charge in [0.1, 0.15) is 11.5 Å². The molecule has 7 nitrogen and oxygen atoms in total. The van der Waals surface area contributed by atoms with E-state index in [1.165, 1.54) is 0 Å². The van der Waals surface area contributed by atoms with Gasteiger partial charge in [-0.25, -0.2) is 9.97 Å². The Morgan fingerprint density at radius 1 is 0.882 bits per heavy atom. The first-order chi connectivity index (χ1) is 16.4. The summed E-state index contributed by atoms with van der Waals surface area (Å²) in [6.07, 6.45) is 5.83. The minimum Gasteiger partial charge on any atom is -0.354 e. The fourth-order valence-electron chi connectivity index (χ4n) is 5.02. The summed E-state index contributed by atoms with van der Waals surface area (Å²) in [7, 11) is 2.16. The maximum atomic E-state index is 12.3. The largest absolute Gasteiger partial charge is 0.354 e. The number of aromatic nitrogens is 3. The first-order valence-corrected chi connectivity index (χ1v) is 11.7. The summed E-state index contributed by atoms with van der Waals surface area (Å²) in [6.45, 7) is 8.20. The number of likely N-dealkylation sites (N-methyl/N-ethyl adjacent to an activating group) is 1. The third kappa shape index (κ3) is 3.44. The molecule has 3 aromatic heterocycles. The second kappa shape index (κ2) is 7.67. The van der Waals surface area contributed by atoms with Crippen LogP contribution in [-0.2, 0) is 5.54 Å². The van der Waals surface area contributed by atoms with Gasteiger partial charge in [-0.15, -0.1) is 0 Å². The predicted molar refractivity (Wildman–Crippen MR) is 135 cm³/mol. The SMILES string of the molecule is CN1CCN(c2ccc(-c3cnc4[nH]cc(-c5ccc6c(c5)C(C)(C)NC6=O)c4c3)cn2)CC1.